The number of rotatable bonds is 5. The maximum atomic E-state index is 10.0. The molecule has 0 aromatic heterocycles. The number of alkyl halides is 1. The van der Waals surface area contributed by atoms with Crippen LogP contribution in [0.25, 0.3) is 0 Å². The Labute approximate surface area is 186 Å². The zero-order chi connectivity index (χ0) is 20.6. The minimum absolute atomic E-state index is 0.0435. The molecule has 0 bridgehead atoms. The van der Waals surface area contributed by atoms with Crippen LogP contribution >= 0.6 is 27.7 Å². The van der Waals surface area contributed by atoms with E-state index >= 15 is 0 Å². The third-order valence-corrected chi connectivity index (χ3v) is 6.26. The number of aliphatic hydroxyl groups excluding tert-OH is 1. The number of ether oxygens (including phenoxy) is 1. The van der Waals surface area contributed by atoms with Crippen LogP contribution in [0.15, 0.2) is 77.7 Å². The number of aliphatic hydroxyl groups is 1. The highest BCUT2D eigenvalue weighted by Gasteiger charge is 2.27. The molecule has 0 spiro atoms. The Bertz CT molecular complexity index is 914. The summed E-state index contributed by atoms with van der Waals surface area (Å²) in [6.07, 6.45) is 0.486. The number of aryl methyl sites for hydroxylation is 1. The smallest absolute Gasteiger partial charge is 0.110 e. The lowest BCUT2D eigenvalue weighted by Gasteiger charge is -2.26. The van der Waals surface area contributed by atoms with Crippen molar-refractivity contribution in [2.75, 3.05) is 12.4 Å². The molecule has 0 amide bonds. The van der Waals surface area contributed by atoms with Crippen molar-refractivity contribution in [3.8, 4) is 0 Å². The SMILES string of the molecule is CBr.CCc1ccc2c(c1)CSc1ccccc1C2OC(CO)c1ccccc1. The first-order valence-electron chi connectivity index (χ1n) is 9.82. The van der Waals surface area contributed by atoms with E-state index in [1.165, 1.54) is 27.1 Å². The lowest BCUT2D eigenvalue weighted by molar-refractivity contribution is -0.0260. The minimum atomic E-state index is -0.356. The summed E-state index contributed by atoms with van der Waals surface area (Å²) < 4.78 is 6.57. The van der Waals surface area contributed by atoms with Crippen LogP contribution in [0.5, 0.6) is 0 Å². The van der Waals surface area contributed by atoms with Gasteiger partial charge < -0.3 is 9.84 Å². The van der Waals surface area contributed by atoms with Crippen LogP contribution in [-0.2, 0) is 16.9 Å². The molecular weight excluding hydrogens is 444 g/mol. The standard InChI is InChI=1S/C24H24O2S.CH3Br/c1-2-17-12-13-20-19(14-17)16-27-23-11-7-6-10-21(23)24(20)26-22(15-25)18-8-4-3-5-9-18;1-2/h3-14,22,24-25H,2,15-16H2,1H3;1H3. The summed E-state index contributed by atoms with van der Waals surface area (Å²) in [6.45, 7) is 2.14. The first kappa shape index (κ1) is 22.1. The molecule has 152 valence electrons. The highest BCUT2D eigenvalue weighted by molar-refractivity contribution is 9.08. The fourth-order valence-corrected chi connectivity index (χ4v) is 4.69. The van der Waals surface area contributed by atoms with Crippen LogP contribution in [-0.4, -0.2) is 17.5 Å². The van der Waals surface area contributed by atoms with Crippen molar-refractivity contribution in [1.29, 1.82) is 0 Å². The van der Waals surface area contributed by atoms with Gasteiger partial charge in [-0.2, -0.15) is 0 Å². The second-order valence-corrected chi connectivity index (χ2v) is 7.83. The molecule has 0 fully saturated rings. The van der Waals surface area contributed by atoms with E-state index in [1.807, 2.05) is 47.9 Å². The third-order valence-electron chi connectivity index (χ3n) is 5.12. The van der Waals surface area contributed by atoms with Gasteiger partial charge >= 0.3 is 0 Å². The fourth-order valence-electron chi connectivity index (χ4n) is 3.62. The molecule has 2 unspecified atom stereocenters. The van der Waals surface area contributed by atoms with E-state index in [2.05, 4.69) is 65.3 Å². The number of thioether (sulfide) groups is 1. The first-order chi connectivity index (χ1) is 14.3. The summed E-state index contributed by atoms with van der Waals surface area (Å²) >= 11 is 4.80. The van der Waals surface area contributed by atoms with E-state index < -0.39 is 0 Å². The molecule has 2 atom stereocenters. The van der Waals surface area contributed by atoms with Crippen molar-refractivity contribution < 1.29 is 9.84 Å². The van der Waals surface area contributed by atoms with Gasteiger partial charge in [0.1, 0.15) is 12.2 Å². The molecule has 29 heavy (non-hydrogen) atoms. The molecule has 4 rings (SSSR count). The van der Waals surface area contributed by atoms with Crippen molar-refractivity contribution in [1.82, 2.24) is 0 Å². The summed E-state index contributed by atoms with van der Waals surface area (Å²) in [5.74, 6) is 2.75. The van der Waals surface area contributed by atoms with Crippen LogP contribution in [0.2, 0.25) is 0 Å². The lowest BCUT2D eigenvalue weighted by Crippen LogP contribution is -2.16. The minimum Gasteiger partial charge on any atom is -0.393 e. The quantitative estimate of drug-likeness (QED) is 0.420. The van der Waals surface area contributed by atoms with Gasteiger partial charge in [-0.25, -0.2) is 0 Å². The van der Waals surface area contributed by atoms with Crippen LogP contribution in [0.4, 0.5) is 0 Å². The summed E-state index contributed by atoms with van der Waals surface area (Å²) in [6, 6.07) is 25.2. The second-order valence-electron chi connectivity index (χ2n) is 6.81. The highest BCUT2D eigenvalue weighted by Crippen LogP contribution is 2.43. The van der Waals surface area contributed by atoms with Crippen LogP contribution in [0.3, 0.4) is 0 Å². The van der Waals surface area contributed by atoms with Gasteiger partial charge in [-0.3, -0.25) is 0 Å². The zero-order valence-corrected chi connectivity index (χ0v) is 19.2. The normalized spacial score (nSPS) is 15.9. The zero-order valence-electron chi connectivity index (χ0n) is 16.8. The Balaban J connectivity index is 0.00000117. The van der Waals surface area contributed by atoms with E-state index in [-0.39, 0.29) is 18.8 Å². The molecule has 2 nitrogen and oxygen atoms in total. The predicted octanol–water partition coefficient (Wildman–Crippen LogP) is 6.71. The van der Waals surface area contributed by atoms with E-state index in [9.17, 15) is 5.11 Å². The van der Waals surface area contributed by atoms with Gasteiger partial charge in [0, 0.05) is 10.6 Å². The Morgan fingerprint density at radius 1 is 1.00 bits per heavy atom. The molecule has 3 aromatic rings. The van der Waals surface area contributed by atoms with Crippen LogP contribution in [0, 0.1) is 0 Å². The van der Waals surface area contributed by atoms with E-state index in [4.69, 9.17) is 4.74 Å². The topological polar surface area (TPSA) is 29.5 Å². The molecule has 0 radical (unpaired) electrons. The first-order valence-corrected chi connectivity index (χ1v) is 12.4. The molecule has 3 aromatic carbocycles. The highest BCUT2D eigenvalue weighted by atomic mass is 79.9. The molecular formula is C25H27BrO2S. The van der Waals surface area contributed by atoms with Gasteiger partial charge in [0.05, 0.1) is 6.61 Å². The van der Waals surface area contributed by atoms with Gasteiger partial charge in [0.2, 0.25) is 0 Å². The maximum absolute atomic E-state index is 10.0. The Morgan fingerprint density at radius 3 is 2.45 bits per heavy atom. The van der Waals surface area contributed by atoms with E-state index in [1.54, 1.807) is 0 Å². The largest absolute Gasteiger partial charge is 0.393 e. The number of hydrogen-bond acceptors (Lipinski definition) is 3. The molecule has 0 saturated carbocycles. The second kappa shape index (κ2) is 11.0. The molecule has 1 N–H and O–H groups in total. The predicted molar refractivity (Wildman–Crippen MR) is 126 cm³/mol. The van der Waals surface area contributed by atoms with Crippen LogP contribution < -0.4 is 0 Å². The Morgan fingerprint density at radius 2 is 1.72 bits per heavy atom. The summed E-state index contributed by atoms with van der Waals surface area (Å²) in [5, 5.41) is 10.0. The maximum Gasteiger partial charge on any atom is 0.110 e. The average Bonchev–Trinajstić information content (AvgIpc) is 2.95. The molecule has 1 heterocycles. The van der Waals surface area contributed by atoms with Gasteiger partial charge in [-0.1, -0.05) is 89.6 Å². The van der Waals surface area contributed by atoms with E-state index in [0.717, 1.165) is 17.7 Å². The van der Waals surface area contributed by atoms with Gasteiger partial charge in [0.15, 0.2) is 0 Å². The van der Waals surface area contributed by atoms with Gasteiger partial charge in [-0.05, 0) is 46.1 Å². The number of hydrogen-bond donors (Lipinski definition) is 1. The van der Waals surface area contributed by atoms with Gasteiger partial charge in [0.25, 0.3) is 0 Å². The average molecular weight is 471 g/mol. The Hall–Kier alpha value is -1.59. The van der Waals surface area contributed by atoms with Gasteiger partial charge in [-0.15, -0.1) is 11.8 Å². The summed E-state index contributed by atoms with van der Waals surface area (Å²) in [4.78, 5) is 1.25. The molecule has 1 aliphatic rings. The monoisotopic (exact) mass is 470 g/mol. The number of halogens is 1. The van der Waals surface area contributed by atoms with Crippen LogP contribution in [0.1, 0.15) is 46.9 Å². The molecule has 1 aliphatic heterocycles. The molecule has 4 heteroatoms. The van der Waals surface area contributed by atoms with Crippen molar-refractivity contribution in [3.63, 3.8) is 0 Å². The van der Waals surface area contributed by atoms with Crippen molar-refractivity contribution >= 4 is 27.7 Å². The molecule has 0 aliphatic carbocycles. The number of benzene rings is 3. The summed E-state index contributed by atoms with van der Waals surface area (Å²) in [7, 11) is 0. The fraction of sp³-hybridized carbons (Fsp3) is 0.280. The number of fused-ring (bicyclic) bond motifs is 2. The van der Waals surface area contributed by atoms with Crippen molar-refractivity contribution in [2.24, 2.45) is 0 Å². The van der Waals surface area contributed by atoms with E-state index in [0.29, 0.717) is 0 Å². The van der Waals surface area contributed by atoms with Crippen molar-refractivity contribution in [2.45, 2.75) is 36.2 Å². The summed E-state index contributed by atoms with van der Waals surface area (Å²) in [5.41, 5.74) is 6.06. The molecule has 0 saturated heterocycles. The Kier molecular flexibility index (Phi) is 8.37. The third kappa shape index (κ3) is 5.13. The lowest BCUT2D eigenvalue weighted by atomic mass is 9.94. The van der Waals surface area contributed by atoms with Crippen molar-refractivity contribution in [3.05, 3.63) is 101 Å².